The molecule has 0 amide bonds. The van der Waals surface area contributed by atoms with Crippen molar-refractivity contribution in [1.82, 2.24) is 19.5 Å². The van der Waals surface area contributed by atoms with Gasteiger partial charge in [-0.2, -0.15) is 13.4 Å². The van der Waals surface area contributed by atoms with Crippen LogP contribution < -0.4 is 11.3 Å². The predicted molar refractivity (Wildman–Crippen MR) is 138 cm³/mol. The topological polar surface area (TPSA) is 192 Å². The van der Waals surface area contributed by atoms with Gasteiger partial charge in [-0.3, -0.25) is 18.5 Å². The number of nitrogens with two attached hydrogens (primary N) is 1. The summed E-state index contributed by atoms with van der Waals surface area (Å²) < 4.78 is 44.4. The number of aromatic amines is 1. The van der Waals surface area contributed by atoms with Crippen molar-refractivity contribution in [2.75, 3.05) is 18.9 Å². The predicted octanol–water partition coefficient (Wildman–Crippen LogP) is 0.406. The van der Waals surface area contributed by atoms with Gasteiger partial charge in [-0.05, 0) is 24.6 Å². The Labute approximate surface area is 222 Å². The van der Waals surface area contributed by atoms with Gasteiger partial charge in [0.05, 0.1) is 24.4 Å². The first-order chi connectivity index (χ1) is 18.6. The van der Waals surface area contributed by atoms with Crippen molar-refractivity contribution in [2.24, 2.45) is 0 Å². The van der Waals surface area contributed by atoms with Gasteiger partial charge in [-0.25, -0.2) is 4.98 Å². The second-order valence-corrected chi connectivity index (χ2v) is 10.8. The van der Waals surface area contributed by atoms with E-state index >= 15 is 0 Å². The second kappa shape index (κ2) is 10.5. The van der Waals surface area contributed by atoms with Crippen LogP contribution in [0.3, 0.4) is 0 Å². The highest BCUT2D eigenvalue weighted by Crippen LogP contribution is 2.38. The standard InChI is InChI=1S/C25H27N5O8S/c1-15-7-9-17(10-8-15)39(34,35)37-13-25(30-14-27-19-22(30)28-24(26)29-23(19)33)21(32)20(31)18(38-25)12-36-11-16-5-3-2-4-6-16/h2-10,14,18,20-21,31-32H,11-13H2,1H3,(H3,26,28,29,33)/t18-,20-,21-,25-/m1/s1. The van der Waals surface area contributed by atoms with E-state index in [1.807, 2.05) is 30.3 Å². The molecule has 0 bridgehead atoms. The van der Waals surface area contributed by atoms with E-state index < -0.39 is 46.3 Å². The average molecular weight is 558 g/mol. The molecule has 2 aromatic carbocycles. The van der Waals surface area contributed by atoms with Gasteiger partial charge in [-0.15, -0.1) is 0 Å². The van der Waals surface area contributed by atoms with Crippen LogP contribution in [0.25, 0.3) is 11.2 Å². The van der Waals surface area contributed by atoms with E-state index in [4.69, 9.17) is 19.4 Å². The number of nitrogens with zero attached hydrogens (tertiary/aromatic N) is 3. The second-order valence-electron chi connectivity index (χ2n) is 9.20. The van der Waals surface area contributed by atoms with Crippen LogP contribution in [0.1, 0.15) is 11.1 Å². The van der Waals surface area contributed by atoms with E-state index in [0.717, 1.165) is 22.0 Å². The van der Waals surface area contributed by atoms with Crippen LogP contribution in [0.5, 0.6) is 0 Å². The Morgan fingerprint density at radius 2 is 1.87 bits per heavy atom. The zero-order chi connectivity index (χ0) is 27.8. The van der Waals surface area contributed by atoms with Gasteiger partial charge >= 0.3 is 0 Å². The summed E-state index contributed by atoms with van der Waals surface area (Å²) >= 11 is 0. The van der Waals surface area contributed by atoms with Gasteiger partial charge in [0, 0.05) is 0 Å². The molecule has 206 valence electrons. The zero-order valence-corrected chi connectivity index (χ0v) is 21.6. The summed E-state index contributed by atoms with van der Waals surface area (Å²) in [6, 6.07) is 15.3. The molecule has 1 saturated heterocycles. The number of rotatable bonds is 9. The molecule has 14 heteroatoms. The minimum Gasteiger partial charge on any atom is -0.387 e. The van der Waals surface area contributed by atoms with Crippen LogP contribution in [0, 0.1) is 6.92 Å². The van der Waals surface area contributed by atoms with Crippen molar-refractivity contribution < 1.29 is 32.3 Å². The number of aromatic nitrogens is 4. The zero-order valence-electron chi connectivity index (χ0n) is 20.8. The van der Waals surface area contributed by atoms with E-state index in [-0.39, 0.29) is 35.2 Å². The van der Waals surface area contributed by atoms with Crippen LogP contribution in [-0.2, 0) is 36.1 Å². The summed E-state index contributed by atoms with van der Waals surface area (Å²) in [7, 11) is -4.33. The number of hydrogen-bond acceptors (Lipinski definition) is 11. The summed E-state index contributed by atoms with van der Waals surface area (Å²) in [5.41, 5.74) is 4.48. The van der Waals surface area contributed by atoms with Gasteiger partial charge in [0.1, 0.15) is 24.9 Å². The molecule has 3 heterocycles. The third kappa shape index (κ3) is 5.17. The molecule has 4 aromatic rings. The molecule has 1 fully saturated rings. The first-order valence-corrected chi connectivity index (χ1v) is 13.4. The maximum absolute atomic E-state index is 13.0. The molecule has 4 atom stereocenters. The molecule has 0 spiro atoms. The van der Waals surface area contributed by atoms with Crippen LogP contribution in [0.2, 0.25) is 0 Å². The van der Waals surface area contributed by atoms with Crippen molar-refractivity contribution in [3.8, 4) is 0 Å². The van der Waals surface area contributed by atoms with Crippen molar-refractivity contribution in [3.63, 3.8) is 0 Å². The maximum atomic E-state index is 13.0. The summed E-state index contributed by atoms with van der Waals surface area (Å²) in [6.07, 6.45) is -3.23. The van der Waals surface area contributed by atoms with Crippen LogP contribution in [0.15, 0.2) is 70.6 Å². The van der Waals surface area contributed by atoms with E-state index in [0.29, 0.717) is 0 Å². The Kier molecular flexibility index (Phi) is 7.24. The highest BCUT2D eigenvalue weighted by atomic mass is 32.2. The van der Waals surface area contributed by atoms with Crippen molar-refractivity contribution >= 4 is 27.2 Å². The molecule has 1 aliphatic rings. The third-order valence-electron chi connectivity index (χ3n) is 6.48. The summed E-state index contributed by atoms with van der Waals surface area (Å²) in [4.78, 5) is 22.7. The van der Waals surface area contributed by atoms with Gasteiger partial charge < -0.3 is 25.4 Å². The van der Waals surface area contributed by atoms with E-state index in [1.165, 1.54) is 12.1 Å². The SMILES string of the molecule is Cc1ccc(S(=O)(=O)OC[C@@]2(n3cnc4c(=O)[nH]c(N)nc43)O[C@H](COCc3ccccc3)[C@@H](O)[C@H]2O)cc1. The van der Waals surface area contributed by atoms with Crippen molar-refractivity contribution in [3.05, 3.63) is 82.4 Å². The Morgan fingerprint density at radius 1 is 1.15 bits per heavy atom. The average Bonchev–Trinajstić information content (AvgIpc) is 3.44. The summed E-state index contributed by atoms with van der Waals surface area (Å²) in [5, 5.41) is 22.2. The Bertz CT molecular complexity index is 1620. The number of aliphatic hydroxyl groups excluding tert-OH is 2. The van der Waals surface area contributed by atoms with E-state index in [1.54, 1.807) is 19.1 Å². The lowest BCUT2D eigenvalue weighted by Gasteiger charge is -2.33. The van der Waals surface area contributed by atoms with Gasteiger partial charge in [-0.1, -0.05) is 48.0 Å². The minimum atomic E-state index is -4.33. The van der Waals surface area contributed by atoms with Crippen molar-refractivity contribution in [2.45, 2.75) is 42.5 Å². The lowest BCUT2D eigenvalue weighted by Crippen LogP contribution is -2.49. The molecular formula is C25H27N5O8S. The molecule has 0 unspecified atom stereocenters. The fourth-order valence-electron chi connectivity index (χ4n) is 4.40. The van der Waals surface area contributed by atoms with Gasteiger partial charge in [0.25, 0.3) is 15.7 Å². The molecule has 2 aromatic heterocycles. The number of nitrogens with one attached hydrogen (secondary N) is 1. The maximum Gasteiger partial charge on any atom is 0.297 e. The number of fused-ring (bicyclic) bond motifs is 1. The molecule has 0 aliphatic carbocycles. The number of ether oxygens (including phenoxy) is 2. The molecule has 39 heavy (non-hydrogen) atoms. The molecule has 0 radical (unpaired) electrons. The number of anilines is 1. The molecule has 1 aliphatic heterocycles. The van der Waals surface area contributed by atoms with E-state index in [2.05, 4.69) is 15.0 Å². The first-order valence-electron chi connectivity index (χ1n) is 12.0. The smallest absolute Gasteiger partial charge is 0.297 e. The number of nitrogen functional groups attached to an aromatic ring is 1. The van der Waals surface area contributed by atoms with Gasteiger partial charge in [0.2, 0.25) is 11.7 Å². The molecular weight excluding hydrogens is 530 g/mol. The van der Waals surface area contributed by atoms with Crippen LogP contribution in [0.4, 0.5) is 5.95 Å². The number of aliphatic hydroxyl groups is 2. The quantitative estimate of drug-likeness (QED) is 0.208. The third-order valence-corrected chi connectivity index (χ3v) is 7.76. The Balaban J connectivity index is 1.49. The number of aryl methyl sites for hydroxylation is 1. The molecule has 0 saturated carbocycles. The highest BCUT2D eigenvalue weighted by molar-refractivity contribution is 7.86. The highest BCUT2D eigenvalue weighted by Gasteiger charge is 2.57. The van der Waals surface area contributed by atoms with Crippen molar-refractivity contribution in [1.29, 1.82) is 0 Å². The van der Waals surface area contributed by atoms with Crippen LogP contribution >= 0.6 is 0 Å². The Morgan fingerprint density at radius 3 is 2.59 bits per heavy atom. The Hall–Kier alpha value is -3.66. The minimum absolute atomic E-state index is 0.107. The van der Waals surface area contributed by atoms with Gasteiger partial charge in [0.15, 0.2) is 11.2 Å². The van der Waals surface area contributed by atoms with Crippen LogP contribution in [-0.4, -0.2) is 69.7 Å². The molecule has 5 rings (SSSR count). The lowest BCUT2D eigenvalue weighted by molar-refractivity contribution is -0.167. The first kappa shape index (κ1) is 26.9. The number of imidazole rings is 1. The largest absolute Gasteiger partial charge is 0.387 e. The number of hydrogen-bond donors (Lipinski definition) is 4. The molecule has 5 N–H and O–H groups in total. The monoisotopic (exact) mass is 557 g/mol. The summed E-state index contributed by atoms with van der Waals surface area (Å²) in [5.74, 6) is -0.242. The lowest BCUT2D eigenvalue weighted by atomic mass is 10.0. The number of H-pyrrole nitrogens is 1. The number of benzene rings is 2. The normalized spacial score (nSPS) is 23.4. The summed E-state index contributed by atoms with van der Waals surface area (Å²) in [6.45, 7) is 1.07. The molecule has 13 nitrogen and oxygen atoms in total. The fraction of sp³-hybridized carbons (Fsp3) is 0.320. The van der Waals surface area contributed by atoms with E-state index in [9.17, 15) is 23.4 Å². The fourth-order valence-corrected chi connectivity index (χ4v) is 5.33.